The van der Waals surface area contributed by atoms with E-state index in [4.69, 9.17) is 4.52 Å². The minimum Gasteiger partial charge on any atom is -0.360 e. The Morgan fingerprint density at radius 2 is 2.11 bits per heavy atom. The molecule has 0 atom stereocenters. The molecule has 1 aromatic carbocycles. The van der Waals surface area contributed by atoms with Gasteiger partial charge in [0.1, 0.15) is 11.6 Å². The molecule has 2 aromatic rings. The largest absolute Gasteiger partial charge is 0.360 e. The lowest BCUT2D eigenvalue weighted by Gasteiger charge is -2.21. The van der Waals surface area contributed by atoms with E-state index in [1.165, 1.54) is 12.1 Å². The van der Waals surface area contributed by atoms with Crippen LogP contribution in [0.3, 0.4) is 0 Å². The van der Waals surface area contributed by atoms with Crippen LogP contribution >= 0.6 is 0 Å². The summed E-state index contributed by atoms with van der Waals surface area (Å²) in [5.74, 6) is 1.04. The number of nitrogens with one attached hydrogen (secondary N) is 1. The van der Waals surface area contributed by atoms with Gasteiger partial charge in [-0.1, -0.05) is 17.3 Å². The van der Waals surface area contributed by atoms with E-state index < -0.39 is 0 Å². The molecule has 0 aliphatic carbocycles. The van der Waals surface area contributed by atoms with Gasteiger partial charge in [0, 0.05) is 11.5 Å². The summed E-state index contributed by atoms with van der Waals surface area (Å²) < 4.78 is 18.7. The third kappa shape index (κ3) is 2.16. The molecule has 0 bridgehead atoms. The average molecular weight is 246 g/mol. The Kier molecular flexibility index (Phi) is 3.11. The van der Waals surface area contributed by atoms with E-state index in [0.29, 0.717) is 5.92 Å². The van der Waals surface area contributed by atoms with Gasteiger partial charge in [0.2, 0.25) is 0 Å². The average Bonchev–Trinajstić information content (AvgIpc) is 2.89. The molecule has 1 saturated heterocycles. The summed E-state index contributed by atoms with van der Waals surface area (Å²) in [6.45, 7) is 1.99. The summed E-state index contributed by atoms with van der Waals surface area (Å²) in [4.78, 5) is 0. The number of nitrogens with zero attached hydrogens (tertiary/aromatic N) is 1. The Labute approximate surface area is 105 Å². The van der Waals surface area contributed by atoms with Crippen LogP contribution < -0.4 is 5.32 Å². The van der Waals surface area contributed by atoms with Crippen LogP contribution in [0, 0.1) is 5.82 Å². The molecule has 3 rings (SSSR count). The van der Waals surface area contributed by atoms with Crippen molar-refractivity contribution < 1.29 is 8.91 Å². The zero-order valence-electron chi connectivity index (χ0n) is 10.0. The first-order chi connectivity index (χ1) is 8.84. The predicted molar refractivity (Wildman–Crippen MR) is 66.7 cm³/mol. The lowest BCUT2D eigenvalue weighted by molar-refractivity contribution is 0.328. The van der Waals surface area contributed by atoms with Crippen LogP contribution in [-0.4, -0.2) is 18.2 Å². The monoisotopic (exact) mass is 246 g/mol. The quantitative estimate of drug-likeness (QED) is 0.885. The Bertz CT molecular complexity index is 532. The summed E-state index contributed by atoms with van der Waals surface area (Å²) in [5.41, 5.74) is 1.76. The summed E-state index contributed by atoms with van der Waals surface area (Å²) in [5, 5.41) is 7.21. The number of piperidine rings is 1. The summed E-state index contributed by atoms with van der Waals surface area (Å²) in [7, 11) is 0. The fourth-order valence-electron chi connectivity index (χ4n) is 2.50. The zero-order valence-corrected chi connectivity index (χ0v) is 10.0. The molecular formula is C14H15FN2O. The van der Waals surface area contributed by atoms with Crippen LogP contribution in [0.25, 0.3) is 11.1 Å². The number of hydrogen-bond acceptors (Lipinski definition) is 3. The number of aromatic nitrogens is 1. The van der Waals surface area contributed by atoms with Gasteiger partial charge < -0.3 is 9.84 Å². The minimum absolute atomic E-state index is 0.232. The van der Waals surface area contributed by atoms with E-state index >= 15 is 0 Å². The zero-order chi connectivity index (χ0) is 12.4. The van der Waals surface area contributed by atoms with E-state index in [2.05, 4.69) is 10.5 Å². The summed E-state index contributed by atoms with van der Waals surface area (Å²) in [6, 6.07) is 6.57. The molecule has 1 N–H and O–H groups in total. The van der Waals surface area contributed by atoms with E-state index in [1.807, 2.05) is 6.07 Å². The molecule has 3 nitrogen and oxygen atoms in total. The molecule has 4 heteroatoms. The molecule has 0 spiro atoms. The van der Waals surface area contributed by atoms with Crippen molar-refractivity contribution in [3.05, 3.63) is 42.0 Å². The van der Waals surface area contributed by atoms with E-state index in [1.54, 1.807) is 12.3 Å². The van der Waals surface area contributed by atoms with Crippen molar-refractivity contribution >= 4 is 0 Å². The maximum atomic E-state index is 13.3. The number of benzene rings is 1. The van der Waals surface area contributed by atoms with Crippen molar-refractivity contribution in [2.24, 2.45) is 0 Å². The molecule has 2 heterocycles. The molecule has 1 aliphatic rings. The molecule has 1 aliphatic heterocycles. The van der Waals surface area contributed by atoms with Crippen LogP contribution in [0.15, 0.2) is 35.0 Å². The molecule has 0 unspecified atom stereocenters. The molecule has 0 radical (unpaired) electrons. The van der Waals surface area contributed by atoms with Crippen LogP contribution in [0.1, 0.15) is 24.5 Å². The van der Waals surface area contributed by atoms with Gasteiger partial charge in [0.05, 0.1) is 6.20 Å². The number of hydrogen-bond donors (Lipinski definition) is 1. The van der Waals surface area contributed by atoms with Gasteiger partial charge in [-0.2, -0.15) is 0 Å². The molecule has 1 fully saturated rings. The van der Waals surface area contributed by atoms with Crippen molar-refractivity contribution in [3.8, 4) is 11.1 Å². The van der Waals surface area contributed by atoms with Gasteiger partial charge in [0.15, 0.2) is 0 Å². The first-order valence-electron chi connectivity index (χ1n) is 6.26. The fourth-order valence-corrected chi connectivity index (χ4v) is 2.50. The van der Waals surface area contributed by atoms with Crippen molar-refractivity contribution in [1.82, 2.24) is 10.5 Å². The molecule has 1 aromatic heterocycles. The van der Waals surface area contributed by atoms with Crippen LogP contribution in [-0.2, 0) is 0 Å². The van der Waals surface area contributed by atoms with Crippen molar-refractivity contribution in [3.63, 3.8) is 0 Å². The first kappa shape index (κ1) is 11.4. The van der Waals surface area contributed by atoms with Gasteiger partial charge in [-0.25, -0.2) is 4.39 Å². The third-order valence-electron chi connectivity index (χ3n) is 3.44. The maximum Gasteiger partial charge on any atom is 0.147 e. The van der Waals surface area contributed by atoms with Crippen molar-refractivity contribution in [2.75, 3.05) is 13.1 Å². The summed E-state index contributed by atoms with van der Waals surface area (Å²) >= 11 is 0. The number of halogens is 1. The molecule has 94 valence electrons. The topological polar surface area (TPSA) is 38.1 Å². The van der Waals surface area contributed by atoms with Gasteiger partial charge in [0.25, 0.3) is 0 Å². The van der Waals surface area contributed by atoms with Crippen LogP contribution in [0.2, 0.25) is 0 Å². The van der Waals surface area contributed by atoms with Gasteiger partial charge in [-0.3, -0.25) is 0 Å². The Hall–Kier alpha value is -1.68. The number of rotatable bonds is 2. The maximum absolute atomic E-state index is 13.3. The minimum atomic E-state index is -0.232. The van der Waals surface area contributed by atoms with E-state index in [-0.39, 0.29) is 5.82 Å². The molecular weight excluding hydrogens is 231 g/mol. The Morgan fingerprint density at radius 3 is 2.89 bits per heavy atom. The molecule has 0 saturated carbocycles. The van der Waals surface area contributed by atoms with E-state index in [9.17, 15) is 4.39 Å². The second-order valence-electron chi connectivity index (χ2n) is 4.64. The highest BCUT2D eigenvalue weighted by molar-refractivity contribution is 5.65. The molecule has 0 amide bonds. The SMILES string of the molecule is Fc1cccc(-c2cnoc2C2CCNCC2)c1. The lowest BCUT2D eigenvalue weighted by atomic mass is 9.91. The third-order valence-corrected chi connectivity index (χ3v) is 3.44. The van der Waals surface area contributed by atoms with Gasteiger partial charge in [-0.15, -0.1) is 0 Å². The smallest absolute Gasteiger partial charge is 0.147 e. The van der Waals surface area contributed by atoms with Crippen LogP contribution in [0.5, 0.6) is 0 Å². The van der Waals surface area contributed by atoms with Gasteiger partial charge >= 0.3 is 0 Å². The highest BCUT2D eigenvalue weighted by Crippen LogP contribution is 2.33. The van der Waals surface area contributed by atoms with E-state index in [0.717, 1.165) is 42.8 Å². The standard InChI is InChI=1S/C14H15FN2O/c15-12-3-1-2-11(8-12)13-9-17-18-14(13)10-4-6-16-7-5-10/h1-3,8-10,16H,4-7H2. The molecule has 18 heavy (non-hydrogen) atoms. The second-order valence-corrected chi connectivity index (χ2v) is 4.64. The van der Waals surface area contributed by atoms with Gasteiger partial charge in [-0.05, 0) is 43.6 Å². The predicted octanol–water partition coefficient (Wildman–Crippen LogP) is 2.95. The second kappa shape index (κ2) is 4.90. The Morgan fingerprint density at radius 1 is 1.28 bits per heavy atom. The highest BCUT2D eigenvalue weighted by Gasteiger charge is 2.23. The fraction of sp³-hybridized carbons (Fsp3) is 0.357. The lowest BCUT2D eigenvalue weighted by Crippen LogP contribution is -2.26. The first-order valence-corrected chi connectivity index (χ1v) is 6.26. The van der Waals surface area contributed by atoms with Crippen molar-refractivity contribution in [1.29, 1.82) is 0 Å². The Balaban J connectivity index is 1.95. The van der Waals surface area contributed by atoms with Crippen LogP contribution in [0.4, 0.5) is 4.39 Å². The highest BCUT2D eigenvalue weighted by atomic mass is 19.1. The summed E-state index contributed by atoms with van der Waals surface area (Å²) in [6.07, 6.45) is 3.77. The van der Waals surface area contributed by atoms with Crippen molar-refractivity contribution in [2.45, 2.75) is 18.8 Å². The normalized spacial score (nSPS) is 16.9.